The Morgan fingerprint density at radius 2 is 1.57 bits per heavy atom. The summed E-state index contributed by atoms with van der Waals surface area (Å²) in [6.45, 7) is 3.94. The Morgan fingerprint density at radius 3 is 2.25 bits per heavy atom. The number of imidazole rings is 1. The molecular weight excluding hydrogens is 843 g/mol. The molecule has 13 nitrogen and oxygen atoms in total. The number of halogens is 2. The second-order valence-electron chi connectivity index (χ2n) is 14.7. The number of amides is 2. The van der Waals surface area contributed by atoms with Crippen molar-refractivity contribution in [2.24, 2.45) is 5.73 Å². The quantitative estimate of drug-likeness (QED) is 0.107. The summed E-state index contributed by atoms with van der Waals surface area (Å²) in [5, 5.41) is 12.5. The molecule has 0 radical (unpaired) electrons. The van der Waals surface area contributed by atoms with E-state index in [0.717, 1.165) is 47.5 Å². The number of anilines is 1. The number of nitrogens with two attached hydrogens (primary N) is 1. The average Bonchev–Trinajstić information content (AvgIpc) is 3.63. The molecule has 6 aromatic rings. The van der Waals surface area contributed by atoms with E-state index in [1.54, 1.807) is 47.4 Å². The van der Waals surface area contributed by atoms with Crippen LogP contribution in [0.4, 0.5) is 15.5 Å². The van der Waals surface area contributed by atoms with Crippen LogP contribution in [0.25, 0.3) is 16.6 Å². The van der Waals surface area contributed by atoms with Crippen molar-refractivity contribution >= 4 is 69.7 Å². The predicted molar refractivity (Wildman–Crippen MR) is 244 cm³/mol. The molecule has 1 aliphatic carbocycles. The molecule has 63 heavy (non-hydrogen) atoms. The maximum Gasteiger partial charge on any atom is 0.413 e. The van der Waals surface area contributed by atoms with E-state index in [1.165, 1.54) is 34.9 Å². The normalized spacial score (nSPS) is 13.4. The Balaban J connectivity index is 0.000000166. The van der Waals surface area contributed by atoms with Gasteiger partial charge in [-0.2, -0.15) is 0 Å². The summed E-state index contributed by atoms with van der Waals surface area (Å²) < 4.78 is 9.66. The Morgan fingerprint density at radius 1 is 0.857 bits per heavy atom. The second-order valence-corrected chi connectivity index (χ2v) is 15.6. The fourth-order valence-corrected chi connectivity index (χ4v) is 7.77. The molecule has 1 atom stereocenters. The number of carbonyl (C=O) groups is 4. The molecule has 1 aliphatic heterocycles. The molecule has 0 spiro atoms. The van der Waals surface area contributed by atoms with Crippen LogP contribution in [0.15, 0.2) is 115 Å². The van der Waals surface area contributed by atoms with E-state index in [4.69, 9.17) is 43.8 Å². The number of carboxylic acids is 1. The van der Waals surface area contributed by atoms with E-state index >= 15 is 0 Å². The first-order valence-electron chi connectivity index (χ1n) is 20.5. The van der Waals surface area contributed by atoms with Crippen LogP contribution in [0, 0.1) is 0 Å². The summed E-state index contributed by atoms with van der Waals surface area (Å²) in [5.41, 5.74) is 16.3. The number of rotatable bonds is 8. The zero-order chi connectivity index (χ0) is 44.9. The van der Waals surface area contributed by atoms with Crippen LogP contribution in [-0.4, -0.2) is 82.2 Å². The molecule has 15 heteroatoms. The van der Waals surface area contributed by atoms with Crippen molar-refractivity contribution < 1.29 is 33.8 Å². The van der Waals surface area contributed by atoms with Crippen LogP contribution in [0.5, 0.6) is 0 Å². The highest BCUT2D eigenvalue weighted by Gasteiger charge is 2.27. The smallest absolute Gasteiger partial charge is 0.413 e. The van der Waals surface area contributed by atoms with Gasteiger partial charge >= 0.3 is 18.2 Å². The van der Waals surface area contributed by atoms with Crippen LogP contribution in [0.2, 0.25) is 10.0 Å². The number of benzene rings is 4. The van der Waals surface area contributed by atoms with Gasteiger partial charge in [-0.05, 0) is 110 Å². The molecule has 2 amide bonds. The molecular formula is C48H48Cl2N6O7. The predicted octanol–water partition coefficient (Wildman–Crippen LogP) is 9.72. The third kappa shape index (κ3) is 12.1. The Kier molecular flexibility index (Phi) is 16.1. The Hall–Kier alpha value is -6.54. The largest absolute Gasteiger partial charge is 0.481 e. The van der Waals surface area contributed by atoms with Gasteiger partial charge in [0.1, 0.15) is 0 Å². The number of fused-ring (bicyclic) bond motifs is 3. The SMILES string of the molecule is CCOC(=O)N1CCC(=C2c3ccc(Cl)cc3CCc3cccnc32)CC1.COC(=O)Nc1nc2cc(C(=O)c3ccccc3)ccc2[nH]1.NCC(CC(=O)O)c1ccc(Cl)cc1. The molecule has 2 aromatic heterocycles. The molecule has 1 fully saturated rings. The van der Waals surface area contributed by atoms with Crippen molar-refractivity contribution in [2.45, 2.75) is 44.9 Å². The van der Waals surface area contributed by atoms with Gasteiger partial charge in [-0.15, -0.1) is 0 Å². The molecule has 326 valence electrons. The number of aromatic nitrogens is 3. The molecule has 8 rings (SSSR count). The fourth-order valence-electron chi connectivity index (χ4n) is 7.45. The Bertz CT molecular complexity index is 2590. The van der Waals surface area contributed by atoms with Gasteiger partial charge in [-0.3, -0.25) is 19.9 Å². The summed E-state index contributed by atoms with van der Waals surface area (Å²) in [5.74, 6) is -0.778. The highest BCUT2D eigenvalue weighted by molar-refractivity contribution is 6.31. The summed E-state index contributed by atoms with van der Waals surface area (Å²) in [4.78, 5) is 59.8. The third-order valence-corrected chi connectivity index (χ3v) is 11.1. The summed E-state index contributed by atoms with van der Waals surface area (Å²) in [7, 11) is 1.27. The molecule has 1 saturated heterocycles. The fraction of sp³-hybridized carbons (Fsp3) is 0.250. The zero-order valence-corrected chi connectivity index (χ0v) is 36.4. The number of aliphatic carboxylic acids is 1. The van der Waals surface area contributed by atoms with Gasteiger partial charge in [0, 0.05) is 51.9 Å². The summed E-state index contributed by atoms with van der Waals surface area (Å²) >= 11 is 12.0. The standard InChI is InChI=1S/C22H23ClN2O2.C16H13N3O3.C10H12ClNO2/c1-2-27-22(26)25-12-9-15(10-13-25)20-19-8-7-18(23)14-17(19)6-5-16-4-3-11-24-21(16)20;1-22-16(21)19-15-17-12-8-7-11(9-13(12)18-15)14(20)10-5-3-2-4-6-10;11-9-3-1-7(2-4-9)8(6-12)5-10(13)14/h3-4,7-8,11,14H,2,5-6,9-10,12-13H2,1H3;2-9H,1H3,(H2,17,18,19,21);1-4,8H,5-6,12H2,(H,13,14). The molecule has 5 N–H and O–H groups in total. The average molecular weight is 892 g/mol. The lowest BCUT2D eigenvalue weighted by Gasteiger charge is -2.29. The number of carbonyl (C=O) groups excluding carboxylic acids is 3. The number of hydrogen-bond acceptors (Lipinski definition) is 9. The number of ketones is 1. The number of nitrogens with zero attached hydrogens (tertiary/aromatic N) is 3. The molecule has 0 saturated carbocycles. The van der Waals surface area contributed by atoms with E-state index in [0.29, 0.717) is 47.9 Å². The molecule has 1 unspecified atom stereocenters. The van der Waals surface area contributed by atoms with Crippen LogP contribution < -0.4 is 11.1 Å². The van der Waals surface area contributed by atoms with Gasteiger partial charge in [-0.1, -0.05) is 83.4 Å². The first kappa shape index (κ1) is 46.0. The number of nitrogens with one attached hydrogen (secondary N) is 2. The number of carboxylic acid groups (broad SMARTS) is 1. The van der Waals surface area contributed by atoms with E-state index < -0.39 is 12.1 Å². The van der Waals surface area contributed by atoms with Crippen molar-refractivity contribution in [3.63, 3.8) is 0 Å². The maximum absolute atomic E-state index is 12.4. The minimum absolute atomic E-state index is 0.0537. The minimum atomic E-state index is -0.838. The van der Waals surface area contributed by atoms with Crippen molar-refractivity contribution in [1.82, 2.24) is 19.9 Å². The number of pyridine rings is 1. The number of piperidine rings is 1. The molecule has 0 bridgehead atoms. The first-order chi connectivity index (χ1) is 30.5. The van der Waals surface area contributed by atoms with Gasteiger partial charge < -0.3 is 30.2 Å². The van der Waals surface area contributed by atoms with Crippen LogP contribution in [-0.2, 0) is 27.1 Å². The number of aromatic amines is 1. The van der Waals surface area contributed by atoms with E-state index in [9.17, 15) is 19.2 Å². The van der Waals surface area contributed by atoms with Crippen molar-refractivity contribution in [3.05, 3.63) is 164 Å². The minimum Gasteiger partial charge on any atom is -0.481 e. The van der Waals surface area contributed by atoms with E-state index in [1.807, 2.05) is 55.6 Å². The third-order valence-electron chi connectivity index (χ3n) is 10.6. The highest BCUT2D eigenvalue weighted by atomic mass is 35.5. The van der Waals surface area contributed by atoms with Crippen LogP contribution in [0.1, 0.15) is 76.0 Å². The van der Waals surface area contributed by atoms with Gasteiger partial charge in [0.25, 0.3) is 0 Å². The van der Waals surface area contributed by atoms with Crippen LogP contribution >= 0.6 is 23.2 Å². The molecule has 4 aromatic carbocycles. The zero-order valence-electron chi connectivity index (χ0n) is 34.9. The number of ether oxygens (including phenoxy) is 2. The van der Waals surface area contributed by atoms with E-state index in [-0.39, 0.29) is 30.2 Å². The number of likely N-dealkylation sites (tertiary alicyclic amines) is 1. The summed E-state index contributed by atoms with van der Waals surface area (Å²) in [6, 6.07) is 31.6. The van der Waals surface area contributed by atoms with Gasteiger partial charge in [-0.25, -0.2) is 14.6 Å². The monoisotopic (exact) mass is 890 g/mol. The lowest BCUT2D eigenvalue weighted by Crippen LogP contribution is -2.37. The van der Waals surface area contributed by atoms with E-state index in [2.05, 4.69) is 38.2 Å². The summed E-state index contributed by atoms with van der Waals surface area (Å²) in [6.07, 6.45) is 4.69. The van der Waals surface area contributed by atoms with Crippen molar-refractivity contribution in [3.8, 4) is 0 Å². The number of hydrogen-bond donors (Lipinski definition) is 4. The molecule has 3 heterocycles. The van der Waals surface area contributed by atoms with Gasteiger partial charge in [0.05, 0.1) is 36.9 Å². The molecule has 2 aliphatic rings. The number of methoxy groups -OCH3 is 1. The highest BCUT2D eigenvalue weighted by Crippen LogP contribution is 2.38. The van der Waals surface area contributed by atoms with Crippen LogP contribution in [0.3, 0.4) is 0 Å². The number of aryl methyl sites for hydroxylation is 2. The van der Waals surface area contributed by atoms with Crippen molar-refractivity contribution in [1.29, 1.82) is 0 Å². The second kappa shape index (κ2) is 22.0. The number of H-pyrrole nitrogens is 1. The lowest BCUT2D eigenvalue weighted by molar-refractivity contribution is -0.137. The first-order valence-corrected chi connectivity index (χ1v) is 21.2. The van der Waals surface area contributed by atoms with Crippen molar-refractivity contribution in [2.75, 3.05) is 38.7 Å². The van der Waals surface area contributed by atoms with Gasteiger partial charge in [0.15, 0.2) is 5.78 Å². The topological polar surface area (TPSA) is 190 Å². The maximum atomic E-state index is 12.4. The lowest BCUT2D eigenvalue weighted by atomic mass is 9.88. The Labute approximate surface area is 375 Å². The van der Waals surface area contributed by atoms with Gasteiger partial charge in [0.2, 0.25) is 5.95 Å².